The molecular formula is C21H19BrN2O2. The molecule has 4 rings (SSSR count). The van der Waals surface area contributed by atoms with Gasteiger partial charge in [0.1, 0.15) is 0 Å². The van der Waals surface area contributed by atoms with Crippen molar-refractivity contribution in [2.45, 2.75) is 18.9 Å². The number of pyridine rings is 1. The normalized spacial score (nSPS) is 16.7. The Morgan fingerprint density at radius 3 is 2.88 bits per heavy atom. The minimum atomic E-state index is -0.0876. The van der Waals surface area contributed by atoms with Gasteiger partial charge in [0, 0.05) is 28.6 Å². The summed E-state index contributed by atoms with van der Waals surface area (Å²) in [6, 6.07) is 17.6. The van der Waals surface area contributed by atoms with Crippen LogP contribution in [0.2, 0.25) is 0 Å². The molecule has 26 heavy (non-hydrogen) atoms. The molecular weight excluding hydrogens is 392 g/mol. The summed E-state index contributed by atoms with van der Waals surface area (Å²) in [6.45, 7) is 1.33. The fourth-order valence-corrected chi connectivity index (χ4v) is 3.67. The molecule has 1 aromatic heterocycles. The maximum absolute atomic E-state index is 12.9. The van der Waals surface area contributed by atoms with E-state index in [4.69, 9.17) is 9.72 Å². The minimum Gasteiger partial charge on any atom is -0.376 e. The lowest BCUT2D eigenvalue weighted by atomic mass is 10.0. The second kappa shape index (κ2) is 7.56. The van der Waals surface area contributed by atoms with E-state index < -0.39 is 0 Å². The van der Waals surface area contributed by atoms with Crippen molar-refractivity contribution in [3.63, 3.8) is 0 Å². The van der Waals surface area contributed by atoms with E-state index in [2.05, 4.69) is 21.2 Å². The van der Waals surface area contributed by atoms with Gasteiger partial charge >= 0.3 is 0 Å². The van der Waals surface area contributed by atoms with Crippen LogP contribution in [-0.2, 0) is 4.74 Å². The van der Waals surface area contributed by atoms with E-state index in [0.717, 1.165) is 46.1 Å². The first-order valence-corrected chi connectivity index (χ1v) is 9.55. The van der Waals surface area contributed by atoms with E-state index in [1.807, 2.05) is 54.6 Å². The molecule has 132 valence electrons. The third-order valence-electron chi connectivity index (χ3n) is 4.60. The summed E-state index contributed by atoms with van der Waals surface area (Å²) in [7, 11) is 0. The van der Waals surface area contributed by atoms with E-state index in [0.29, 0.717) is 12.1 Å². The van der Waals surface area contributed by atoms with Crippen molar-refractivity contribution in [1.29, 1.82) is 0 Å². The summed E-state index contributed by atoms with van der Waals surface area (Å²) < 4.78 is 6.58. The zero-order valence-electron chi connectivity index (χ0n) is 14.2. The number of carbonyl (C=O) groups excluding carboxylic acids is 1. The van der Waals surface area contributed by atoms with Gasteiger partial charge in [-0.3, -0.25) is 4.79 Å². The number of carbonyl (C=O) groups is 1. The number of para-hydroxylation sites is 1. The van der Waals surface area contributed by atoms with Crippen LogP contribution < -0.4 is 5.32 Å². The van der Waals surface area contributed by atoms with Crippen molar-refractivity contribution in [3.8, 4) is 11.3 Å². The molecule has 0 spiro atoms. The van der Waals surface area contributed by atoms with E-state index in [-0.39, 0.29) is 12.0 Å². The van der Waals surface area contributed by atoms with E-state index in [9.17, 15) is 4.79 Å². The molecule has 3 aromatic rings. The third-order valence-corrected chi connectivity index (χ3v) is 5.09. The standard InChI is InChI=1S/C21H19BrN2O2/c22-15-6-3-5-14(11-15)20-12-18(17-8-1-2-9-19(17)24-20)21(25)23-13-16-7-4-10-26-16/h1-3,5-6,8-9,11-12,16H,4,7,10,13H2,(H,23,25)/t16-/m0/s1. The van der Waals surface area contributed by atoms with E-state index >= 15 is 0 Å². The molecule has 1 fully saturated rings. The Hall–Kier alpha value is -2.24. The number of amides is 1. The molecule has 1 saturated heterocycles. The highest BCUT2D eigenvalue weighted by Crippen LogP contribution is 2.26. The van der Waals surface area contributed by atoms with Crippen LogP contribution in [0.3, 0.4) is 0 Å². The predicted octanol–water partition coefficient (Wildman–Crippen LogP) is 4.57. The summed E-state index contributed by atoms with van der Waals surface area (Å²) in [5.41, 5.74) is 3.21. The smallest absolute Gasteiger partial charge is 0.252 e. The topological polar surface area (TPSA) is 51.2 Å². The second-order valence-electron chi connectivity index (χ2n) is 6.43. The van der Waals surface area contributed by atoms with Gasteiger partial charge in [-0.1, -0.05) is 46.3 Å². The van der Waals surface area contributed by atoms with Crippen LogP contribution in [0.5, 0.6) is 0 Å². The van der Waals surface area contributed by atoms with Gasteiger partial charge in [0.05, 0.1) is 22.9 Å². The molecule has 1 aliphatic rings. The summed E-state index contributed by atoms with van der Waals surface area (Å²) >= 11 is 3.50. The molecule has 1 N–H and O–H groups in total. The van der Waals surface area contributed by atoms with Crippen molar-refractivity contribution in [3.05, 3.63) is 64.6 Å². The lowest BCUT2D eigenvalue weighted by molar-refractivity contribution is 0.0859. The summed E-state index contributed by atoms with van der Waals surface area (Å²) in [5, 5.41) is 3.88. The lowest BCUT2D eigenvalue weighted by Crippen LogP contribution is -2.31. The van der Waals surface area contributed by atoms with Crippen LogP contribution in [0, 0.1) is 0 Å². The fraction of sp³-hybridized carbons (Fsp3) is 0.238. The average molecular weight is 411 g/mol. The summed E-state index contributed by atoms with van der Waals surface area (Å²) in [4.78, 5) is 17.6. The maximum atomic E-state index is 12.9. The number of hydrogen-bond donors (Lipinski definition) is 1. The molecule has 0 saturated carbocycles. The summed E-state index contributed by atoms with van der Waals surface area (Å²) in [6.07, 6.45) is 2.18. The highest BCUT2D eigenvalue weighted by Gasteiger charge is 2.18. The first-order chi connectivity index (χ1) is 12.7. The Bertz CT molecular complexity index is 952. The Labute approximate surface area is 160 Å². The fourth-order valence-electron chi connectivity index (χ4n) is 3.27. The number of benzene rings is 2. The molecule has 1 aliphatic heterocycles. The second-order valence-corrected chi connectivity index (χ2v) is 7.34. The highest BCUT2D eigenvalue weighted by molar-refractivity contribution is 9.10. The Morgan fingerprint density at radius 2 is 2.08 bits per heavy atom. The molecule has 2 aromatic carbocycles. The van der Waals surface area contributed by atoms with Gasteiger partial charge < -0.3 is 10.1 Å². The number of rotatable bonds is 4. The van der Waals surface area contributed by atoms with Gasteiger partial charge in [-0.2, -0.15) is 0 Å². The first-order valence-electron chi connectivity index (χ1n) is 8.76. The monoisotopic (exact) mass is 410 g/mol. The molecule has 1 amide bonds. The SMILES string of the molecule is O=C(NC[C@@H]1CCCO1)c1cc(-c2cccc(Br)c2)nc2ccccc12. The lowest BCUT2D eigenvalue weighted by Gasteiger charge is -2.13. The van der Waals surface area contributed by atoms with Crippen molar-refractivity contribution in [2.24, 2.45) is 0 Å². The molecule has 0 unspecified atom stereocenters. The zero-order chi connectivity index (χ0) is 17.9. The van der Waals surface area contributed by atoms with Crippen molar-refractivity contribution < 1.29 is 9.53 Å². The Morgan fingerprint density at radius 1 is 1.19 bits per heavy atom. The van der Waals surface area contributed by atoms with Crippen LogP contribution in [-0.4, -0.2) is 30.1 Å². The van der Waals surface area contributed by atoms with Crippen LogP contribution in [0.15, 0.2) is 59.1 Å². The average Bonchev–Trinajstić information content (AvgIpc) is 3.19. The molecule has 2 heterocycles. The zero-order valence-corrected chi connectivity index (χ0v) is 15.8. The van der Waals surface area contributed by atoms with Crippen molar-refractivity contribution >= 4 is 32.7 Å². The van der Waals surface area contributed by atoms with Crippen LogP contribution in [0.4, 0.5) is 0 Å². The minimum absolute atomic E-state index is 0.0876. The number of halogens is 1. The molecule has 0 aliphatic carbocycles. The van der Waals surface area contributed by atoms with Gasteiger partial charge in [-0.15, -0.1) is 0 Å². The van der Waals surface area contributed by atoms with Gasteiger partial charge in [-0.25, -0.2) is 4.98 Å². The van der Waals surface area contributed by atoms with Crippen LogP contribution in [0.1, 0.15) is 23.2 Å². The molecule has 4 nitrogen and oxygen atoms in total. The highest BCUT2D eigenvalue weighted by atomic mass is 79.9. The molecule has 1 atom stereocenters. The Balaban J connectivity index is 1.71. The van der Waals surface area contributed by atoms with Gasteiger partial charge in [0.25, 0.3) is 5.91 Å². The number of ether oxygens (including phenoxy) is 1. The van der Waals surface area contributed by atoms with Crippen molar-refractivity contribution in [1.82, 2.24) is 10.3 Å². The number of nitrogens with one attached hydrogen (secondary N) is 1. The third kappa shape index (κ3) is 3.64. The van der Waals surface area contributed by atoms with Crippen LogP contribution >= 0.6 is 15.9 Å². The van der Waals surface area contributed by atoms with Crippen molar-refractivity contribution in [2.75, 3.05) is 13.2 Å². The maximum Gasteiger partial charge on any atom is 0.252 e. The predicted molar refractivity (Wildman–Crippen MR) is 106 cm³/mol. The first kappa shape index (κ1) is 17.2. The van der Waals surface area contributed by atoms with Gasteiger partial charge in [0.15, 0.2) is 0 Å². The van der Waals surface area contributed by atoms with E-state index in [1.54, 1.807) is 0 Å². The van der Waals surface area contributed by atoms with E-state index in [1.165, 1.54) is 0 Å². The van der Waals surface area contributed by atoms with Gasteiger partial charge in [0.2, 0.25) is 0 Å². The number of hydrogen-bond acceptors (Lipinski definition) is 3. The largest absolute Gasteiger partial charge is 0.376 e. The molecule has 5 heteroatoms. The number of nitrogens with zero attached hydrogens (tertiary/aromatic N) is 1. The number of aromatic nitrogens is 1. The summed E-state index contributed by atoms with van der Waals surface area (Å²) in [5.74, 6) is -0.0876. The number of fused-ring (bicyclic) bond motifs is 1. The van der Waals surface area contributed by atoms with Crippen LogP contribution in [0.25, 0.3) is 22.2 Å². The Kier molecular flexibility index (Phi) is 5.00. The van der Waals surface area contributed by atoms with Gasteiger partial charge in [-0.05, 0) is 37.1 Å². The molecule has 0 radical (unpaired) electrons. The quantitative estimate of drug-likeness (QED) is 0.684. The molecule has 0 bridgehead atoms.